The van der Waals surface area contributed by atoms with Crippen LogP contribution in [0.2, 0.25) is 0 Å². The number of alkyl halides is 2. The van der Waals surface area contributed by atoms with E-state index >= 15 is 0 Å². The summed E-state index contributed by atoms with van der Waals surface area (Å²) >= 11 is 7.02. The van der Waals surface area contributed by atoms with Gasteiger partial charge in [-0.15, -0.1) is 0 Å². The van der Waals surface area contributed by atoms with Crippen molar-refractivity contribution < 1.29 is 33.4 Å². The highest BCUT2D eigenvalue weighted by Crippen LogP contribution is 2.43. The molecule has 1 heterocycles. The molecule has 4 atom stereocenters. The van der Waals surface area contributed by atoms with E-state index < -0.39 is 42.8 Å². The number of imide groups is 1. The molecule has 11 heteroatoms. The van der Waals surface area contributed by atoms with Crippen molar-refractivity contribution in [3.8, 4) is 0 Å². The molecular formula is C22H24Br2N2O7. The number of likely N-dealkylation sites (tertiary alicyclic amines) is 1. The maximum absolute atomic E-state index is 12.6. The topological polar surface area (TPSA) is 119 Å². The number of nitrogens with one attached hydrogen (secondary N) is 1. The molecule has 178 valence electrons. The summed E-state index contributed by atoms with van der Waals surface area (Å²) < 4.78 is 9.98. The Morgan fingerprint density at radius 2 is 1.58 bits per heavy atom. The van der Waals surface area contributed by atoms with Crippen molar-refractivity contribution in [1.82, 2.24) is 4.90 Å². The van der Waals surface area contributed by atoms with Crippen LogP contribution in [0.3, 0.4) is 0 Å². The summed E-state index contributed by atoms with van der Waals surface area (Å²) in [6.07, 6.45) is 1.73. The summed E-state index contributed by atoms with van der Waals surface area (Å²) in [5.41, 5.74) is 0.761. The van der Waals surface area contributed by atoms with Crippen LogP contribution in [0.25, 0.3) is 0 Å². The lowest BCUT2D eigenvalue weighted by Crippen LogP contribution is -2.37. The zero-order valence-electron chi connectivity index (χ0n) is 17.9. The molecule has 0 bridgehead atoms. The second-order valence-corrected chi connectivity index (χ2v) is 10.3. The third-order valence-electron chi connectivity index (χ3n) is 5.50. The van der Waals surface area contributed by atoms with Crippen LogP contribution >= 0.6 is 31.9 Å². The predicted molar refractivity (Wildman–Crippen MR) is 125 cm³/mol. The molecule has 2 aliphatic rings. The normalized spacial score (nSPS) is 24.3. The third-order valence-corrected chi connectivity index (χ3v) is 8.23. The van der Waals surface area contributed by atoms with E-state index in [0.29, 0.717) is 37.1 Å². The lowest BCUT2D eigenvalue weighted by molar-refractivity contribution is -0.154. The van der Waals surface area contributed by atoms with E-state index in [0.717, 1.165) is 4.90 Å². The number of amides is 3. The number of halogens is 2. The minimum atomic E-state index is -0.842. The van der Waals surface area contributed by atoms with Gasteiger partial charge >= 0.3 is 11.9 Å². The van der Waals surface area contributed by atoms with Crippen LogP contribution in [-0.2, 0) is 28.7 Å². The third kappa shape index (κ3) is 6.20. The van der Waals surface area contributed by atoms with Crippen molar-refractivity contribution in [2.75, 3.05) is 25.1 Å². The number of ether oxygens (including phenoxy) is 2. The summed E-state index contributed by atoms with van der Waals surface area (Å²) in [5.74, 6) is -3.55. The molecule has 3 amide bonds. The Morgan fingerprint density at radius 1 is 1.00 bits per heavy atom. The number of hydrogen-bond acceptors (Lipinski definition) is 7. The minimum absolute atomic E-state index is 0.0714. The summed E-state index contributed by atoms with van der Waals surface area (Å²) in [4.78, 5) is 62.3. The fourth-order valence-corrected chi connectivity index (χ4v) is 5.04. The number of fused-ring (bicyclic) bond motifs is 1. The fraction of sp³-hybridized carbons (Fsp3) is 0.500. The molecule has 2 fully saturated rings. The second-order valence-electron chi connectivity index (χ2n) is 7.90. The van der Waals surface area contributed by atoms with Gasteiger partial charge in [-0.1, -0.05) is 38.8 Å². The van der Waals surface area contributed by atoms with Crippen molar-refractivity contribution in [2.45, 2.75) is 35.8 Å². The highest BCUT2D eigenvalue weighted by molar-refractivity contribution is 9.12. The number of esters is 2. The Morgan fingerprint density at radius 3 is 2.12 bits per heavy atom. The average molecular weight is 588 g/mol. The molecule has 1 saturated carbocycles. The van der Waals surface area contributed by atoms with Crippen LogP contribution in [0, 0.1) is 11.8 Å². The number of anilines is 1. The van der Waals surface area contributed by atoms with E-state index in [1.807, 2.05) is 6.92 Å². The molecule has 9 nitrogen and oxygen atoms in total. The van der Waals surface area contributed by atoms with Gasteiger partial charge in [-0.05, 0) is 43.5 Å². The number of rotatable bonds is 8. The lowest BCUT2D eigenvalue weighted by Gasteiger charge is -2.29. The van der Waals surface area contributed by atoms with E-state index in [2.05, 4.69) is 37.2 Å². The number of carbonyl (C=O) groups excluding carboxylic acids is 5. The first-order valence-corrected chi connectivity index (χ1v) is 12.4. The molecule has 1 N–H and O–H groups in total. The van der Waals surface area contributed by atoms with E-state index in [1.54, 1.807) is 0 Å². The van der Waals surface area contributed by atoms with E-state index in [1.165, 1.54) is 24.3 Å². The molecule has 1 saturated heterocycles. The Labute approximate surface area is 207 Å². The van der Waals surface area contributed by atoms with Crippen molar-refractivity contribution in [1.29, 1.82) is 0 Å². The van der Waals surface area contributed by atoms with E-state index in [4.69, 9.17) is 9.47 Å². The molecular weight excluding hydrogens is 564 g/mol. The quantitative estimate of drug-likeness (QED) is 0.282. The van der Waals surface area contributed by atoms with Crippen molar-refractivity contribution in [3.63, 3.8) is 0 Å². The molecule has 0 radical (unpaired) electrons. The van der Waals surface area contributed by atoms with E-state index in [9.17, 15) is 24.0 Å². The lowest BCUT2D eigenvalue weighted by atomic mass is 9.81. The zero-order valence-corrected chi connectivity index (χ0v) is 21.1. The number of benzene rings is 1. The Bertz CT molecular complexity index is 909. The van der Waals surface area contributed by atoms with Crippen LogP contribution in [0.15, 0.2) is 24.3 Å². The fourth-order valence-electron chi connectivity index (χ4n) is 3.81. The Hall–Kier alpha value is -2.27. The second kappa shape index (κ2) is 11.2. The van der Waals surface area contributed by atoms with Crippen LogP contribution in [-0.4, -0.2) is 64.0 Å². The van der Waals surface area contributed by atoms with Crippen LogP contribution in [0.4, 0.5) is 5.69 Å². The van der Waals surface area contributed by atoms with Crippen molar-refractivity contribution in [3.05, 3.63) is 29.8 Å². The van der Waals surface area contributed by atoms with Crippen LogP contribution in [0.5, 0.6) is 0 Å². The summed E-state index contributed by atoms with van der Waals surface area (Å²) in [7, 11) is 0. The van der Waals surface area contributed by atoms with Crippen molar-refractivity contribution >= 4 is 67.2 Å². The minimum Gasteiger partial charge on any atom is -0.462 e. The summed E-state index contributed by atoms with van der Waals surface area (Å²) in [5, 5.41) is 2.54. The van der Waals surface area contributed by atoms with Crippen LogP contribution < -0.4 is 5.32 Å². The van der Waals surface area contributed by atoms with Gasteiger partial charge in [-0.3, -0.25) is 24.1 Å². The highest BCUT2D eigenvalue weighted by atomic mass is 79.9. The van der Waals surface area contributed by atoms with Gasteiger partial charge in [0.2, 0.25) is 11.8 Å². The maximum atomic E-state index is 12.6. The first-order chi connectivity index (χ1) is 15.7. The van der Waals surface area contributed by atoms with Gasteiger partial charge in [-0.25, -0.2) is 4.79 Å². The molecule has 0 unspecified atom stereocenters. The monoisotopic (exact) mass is 586 g/mol. The molecule has 1 aliphatic carbocycles. The molecule has 33 heavy (non-hydrogen) atoms. The number of nitrogens with zero attached hydrogens (tertiary/aromatic N) is 1. The predicted octanol–water partition coefficient (Wildman–Crippen LogP) is 2.66. The first kappa shape index (κ1) is 25.4. The Balaban J connectivity index is 1.46. The standard InChI is InChI=1S/C22H24Br2N2O7/c1-2-7-32-22(31)12-3-5-13(6-4-12)25-18(27)11-33-19(28)10-26-20(29)14-8-16(23)17(24)9-15(14)21(26)30/h3-6,14-17H,2,7-11H2,1H3,(H,25,27)/t14-,15+,16+,17-. The van der Waals surface area contributed by atoms with Crippen LogP contribution in [0.1, 0.15) is 36.5 Å². The molecule has 1 aromatic carbocycles. The smallest absolute Gasteiger partial charge is 0.338 e. The molecule has 1 aromatic rings. The van der Waals surface area contributed by atoms with Crippen molar-refractivity contribution in [2.24, 2.45) is 11.8 Å². The van der Waals surface area contributed by atoms with Gasteiger partial charge in [0, 0.05) is 15.3 Å². The first-order valence-electron chi connectivity index (χ1n) is 10.6. The number of hydrogen-bond donors (Lipinski definition) is 1. The molecule has 0 aromatic heterocycles. The van der Waals surface area contributed by atoms with Gasteiger partial charge in [0.25, 0.3) is 5.91 Å². The van der Waals surface area contributed by atoms with Gasteiger partial charge in [0.15, 0.2) is 6.61 Å². The maximum Gasteiger partial charge on any atom is 0.338 e. The largest absolute Gasteiger partial charge is 0.462 e. The zero-order chi connectivity index (χ0) is 24.1. The summed E-state index contributed by atoms with van der Waals surface area (Å²) in [6, 6.07) is 6.08. The van der Waals surface area contributed by atoms with Gasteiger partial charge in [0.1, 0.15) is 6.54 Å². The Kier molecular flexibility index (Phi) is 8.63. The van der Waals surface area contributed by atoms with Gasteiger partial charge < -0.3 is 14.8 Å². The van der Waals surface area contributed by atoms with E-state index in [-0.39, 0.29) is 21.5 Å². The molecule has 1 aliphatic heterocycles. The van der Waals surface area contributed by atoms with Gasteiger partial charge in [0.05, 0.1) is 24.0 Å². The SMILES string of the molecule is CCCOC(=O)c1ccc(NC(=O)COC(=O)CN2C(=O)[C@H]3C[C@@H](Br)[C@@H](Br)C[C@H]3C2=O)cc1. The molecule has 0 spiro atoms. The molecule has 3 rings (SSSR count). The van der Waals surface area contributed by atoms with Gasteiger partial charge in [-0.2, -0.15) is 0 Å². The highest BCUT2D eigenvalue weighted by Gasteiger charge is 2.52. The average Bonchev–Trinajstić information content (AvgIpc) is 3.01. The number of carbonyl (C=O) groups is 5. The summed E-state index contributed by atoms with van der Waals surface area (Å²) in [6.45, 7) is 1.12.